The summed E-state index contributed by atoms with van der Waals surface area (Å²) in [5.41, 5.74) is 0.0781. The Balaban J connectivity index is 2.03. The Morgan fingerprint density at radius 1 is 1.23 bits per heavy atom. The van der Waals surface area contributed by atoms with E-state index in [4.69, 9.17) is 0 Å². The summed E-state index contributed by atoms with van der Waals surface area (Å²) in [4.78, 5) is 12.0. The van der Waals surface area contributed by atoms with Crippen molar-refractivity contribution >= 4 is 5.91 Å². The number of alkyl halides is 3. The van der Waals surface area contributed by atoms with Crippen LogP contribution < -0.4 is 5.32 Å². The number of carbonyl (C=O) groups excluding carboxylic acids is 1. The Hall–Kier alpha value is -1.56. The maximum absolute atomic E-state index is 13.2. The quantitative estimate of drug-likeness (QED) is 0.897. The first-order valence-corrected chi connectivity index (χ1v) is 7.47. The number of halogens is 3. The van der Waals surface area contributed by atoms with Crippen molar-refractivity contribution in [1.29, 1.82) is 0 Å². The van der Waals surface area contributed by atoms with E-state index in [-0.39, 0.29) is 5.56 Å². The zero-order valence-electron chi connectivity index (χ0n) is 12.1. The summed E-state index contributed by atoms with van der Waals surface area (Å²) in [5, 5.41) is 12.3. The third kappa shape index (κ3) is 4.47. The van der Waals surface area contributed by atoms with Crippen molar-refractivity contribution < 1.29 is 23.1 Å². The lowest BCUT2D eigenvalue weighted by Crippen LogP contribution is -2.45. The minimum absolute atomic E-state index is 0.0781. The molecule has 122 valence electrons. The molecule has 1 amide bonds. The van der Waals surface area contributed by atoms with E-state index < -0.39 is 36.6 Å². The van der Waals surface area contributed by atoms with E-state index in [1.807, 2.05) is 0 Å². The van der Waals surface area contributed by atoms with Crippen LogP contribution in [0.15, 0.2) is 30.3 Å². The van der Waals surface area contributed by atoms with Gasteiger partial charge in [0.2, 0.25) is 5.91 Å². The van der Waals surface area contributed by atoms with Gasteiger partial charge in [-0.25, -0.2) is 0 Å². The summed E-state index contributed by atoms with van der Waals surface area (Å²) < 4.78 is 39.6. The lowest BCUT2D eigenvalue weighted by Gasteiger charge is -2.29. The van der Waals surface area contributed by atoms with Gasteiger partial charge in [0.15, 0.2) is 0 Å². The molecular formula is C16H20F3NO2. The standard InChI is InChI=1S/C16H20F3NO2/c17-16(18,19)12(11-6-2-1-3-7-11)10-15(22)20-13-8-4-5-9-14(13)21/h1-3,6-7,12-14,21H,4-5,8-10H2,(H,20,22). The second kappa shape index (κ2) is 7.13. The van der Waals surface area contributed by atoms with E-state index in [0.29, 0.717) is 12.8 Å². The molecule has 2 rings (SSSR count). The van der Waals surface area contributed by atoms with Gasteiger partial charge in [0, 0.05) is 6.42 Å². The molecule has 22 heavy (non-hydrogen) atoms. The van der Waals surface area contributed by atoms with Crippen LogP contribution in [0.5, 0.6) is 0 Å². The van der Waals surface area contributed by atoms with Crippen molar-refractivity contribution in [3.63, 3.8) is 0 Å². The lowest BCUT2D eigenvalue weighted by atomic mass is 9.91. The largest absolute Gasteiger partial charge is 0.396 e. The number of rotatable bonds is 4. The molecule has 1 aromatic rings. The average Bonchev–Trinajstić information content (AvgIpc) is 2.47. The van der Waals surface area contributed by atoms with Gasteiger partial charge in [-0.15, -0.1) is 0 Å². The van der Waals surface area contributed by atoms with Crippen LogP contribution in [-0.4, -0.2) is 29.3 Å². The van der Waals surface area contributed by atoms with E-state index >= 15 is 0 Å². The van der Waals surface area contributed by atoms with Crippen molar-refractivity contribution in [2.45, 2.75) is 56.3 Å². The molecule has 1 fully saturated rings. The molecule has 3 unspecified atom stereocenters. The molecule has 1 aliphatic rings. The fourth-order valence-electron chi connectivity index (χ4n) is 2.84. The maximum atomic E-state index is 13.2. The minimum atomic E-state index is -4.48. The first-order valence-electron chi connectivity index (χ1n) is 7.47. The van der Waals surface area contributed by atoms with E-state index in [0.717, 1.165) is 12.8 Å². The first-order chi connectivity index (χ1) is 10.4. The molecule has 0 spiro atoms. The topological polar surface area (TPSA) is 49.3 Å². The number of aliphatic hydroxyl groups is 1. The Morgan fingerprint density at radius 2 is 1.86 bits per heavy atom. The van der Waals surface area contributed by atoms with Crippen LogP contribution in [-0.2, 0) is 4.79 Å². The van der Waals surface area contributed by atoms with E-state index in [2.05, 4.69) is 5.32 Å². The highest BCUT2D eigenvalue weighted by Crippen LogP contribution is 2.37. The normalized spacial score (nSPS) is 23.8. The highest BCUT2D eigenvalue weighted by Gasteiger charge is 2.42. The van der Waals surface area contributed by atoms with Gasteiger partial charge < -0.3 is 10.4 Å². The Bertz CT molecular complexity index is 490. The molecule has 6 heteroatoms. The average molecular weight is 315 g/mol. The zero-order valence-corrected chi connectivity index (χ0v) is 12.1. The fourth-order valence-corrected chi connectivity index (χ4v) is 2.84. The fraction of sp³-hybridized carbons (Fsp3) is 0.562. The number of hydrogen-bond donors (Lipinski definition) is 2. The van der Waals surface area contributed by atoms with Crippen molar-refractivity contribution in [1.82, 2.24) is 5.32 Å². The van der Waals surface area contributed by atoms with Gasteiger partial charge in [0.05, 0.1) is 18.1 Å². The number of aliphatic hydroxyl groups excluding tert-OH is 1. The second-order valence-electron chi connectivity index (χ2n) is 5.73. The summed E-state index contributed by atoms with van der Waals surface area (Å²) >= 11 is 0. The summed E-state index contributed by atoms with van der Waals surface area (Å²) in [6.45, 7) is 0. The third-order valence-corrected chi connectivity index (χ3v) is 4.06. The molecule has 2 N–H and O–H groups in total. The molecule has 0 bridgehead atoms. The monoisotopic (exact) mass is 315 g/mol. The van der Waals surface area contributed by atoms with E-state index in [9.17, 15) is 23.1 Å². The SMILES string of the molecule is O=C(CC(c1ccccc1)C(F)(F)F)NC1CCCCC1O. The van der Waals surface area contributed by atoms with Crippen LogP contribution >= 0.6 is 0 Å². The van der Waals surface area contributed by atoms with Crippen LogP contribution in [0.1, 0.15) is 43.6 Å². The van der Waals surface area contributed by atoms with Crippen LogP contribution in [0, 0.1) is 0 Å². The Labute approximate surface area is 127 Å². The first kappa shape index (κ1) is 16.8. The maximum Gasteiger partial charge on any atom is 0.396 e. The molecule has 0 aliphatic heterocycles. The van der Waals surface area contributed by atoms with Crippen LogP contribution in [0.4, 0.5) is 13.2 Å². The third-order valence-electron chi connectivity index (χ3n) is 4.06. The molecule has 3 nitrogen and oxygen atoms in total. The molecule has 1 aliphatic carbocycles. The number of carbonyl (C=O) groups is 1. The molecule has 0 saturated heterocycles. The number of hydrogen-bond acceptors (Lipinski definition) is 2. The Kier molecular flexibility index (Phi) is 5.45. The van der Waals surface area contributed by atoms with Gasteiger partial charge in [-0.1, -0.05) is 43.2 Å². The predicted octanol–water partition coefficient (Wildman–Crippen LogP) is 3.14. The molecular weight excluding hydrogens is 295 g/mol. The van der Waals surface area contributed by atoms with Crippen molar-refractivity contribution in [2.24, 2.45) is 0 Å². The van der Waals surface area contributed by atoms with Crippen LogP contribution in [0.25, 0.3) is 0 Å². The summed E-state index contributed by atoms with van der Waals surface area (Å²) in [6.07, 6.45) is -2.88. The molecule has 1 aromatic carbocycles. The van der Waals surface area contributed by atoms with Crippen molar-refractivity contribution in [3.05, 3.63) is 35.9 Å². The molecule has 1 saturated carbocycles. The highest BCUT2D eigenvalue weighted by atomic mass is 19.4. The highest BCUT2D eigenvalue weighted by molar-refractivity contribution is 5.77. The van der Waals surface area contributed by atoms with Crippen molar-refractivity contribution in [2.75, 3.05) is 0 Å². The van der Waals surface area contributed by atoms with Crippen LogP contribution in [0.2, 0.25) is 0 Å². The van der Waals surface area contributed by atoms with E-state index in [1.54, 1.807) is 6.07 Å². The molecule has 3 atom stereocenters. The zero-order chi connectivity index (χ0) is 16.2. The Morgan fingerprint density at radius 3 is 2.45 bits per heavy atom. The molecule has 0 aromatic heterocycles. The minimum Gasteiger partial charge on any atom is -0.391 e. The summed E-state index contributed by atoms with van der Waals surface area (Å²) in [5.74, 6) is -2.49. The van der Waals surface area contributed by atoms with Gasteiger partial charge in [0.25, 0.3) is 0 Å². The smallest absolute Gasteiger partial charge is 0.391 e. The number of benzene rings is 1. The van der Waals surface area contributed by atoms with Crippen LogP contribution in [0.3, 0.4) is 0 Å². The van der Waals surface area contributed by atoms with E-state index in [1.165, 1.54) is 24.3 Å². The van der Waals surface area contributed by atoms with Gasteiger partial charge in [0.1, 0.15) is 0 Å². The predicted molar refractivity (Wildman–Crippen MR) is 76.3 cm³/mol. The molecule has 0 radical (unpaired) electrons. The van der Waals surface area contributed by atoms with Gasteiger partial charge in [-0.2, -0.15) is 13.2 Å². The number of amides is 1. The lowest BCUT2D eigenvalue weighted by molar-refractivity contribution is -0.157. The van der Waals surface area contributed by atoms with Gasteiger partial charge in [-0.3, -0.25) is 4.79 Å². The second-order valence-corrected chi connectivity index (χ2v) is 5.73. The number of nitrogens with one attached hydrogen (secondary N) is 1. The van der Waals surface area contributed by atoms with Crippen molar-refractivity contribution in [3.8, 4) is 0 Å². The summed E-state index contributed by atoms with van der Waals surface area (Å²) in [7, 11) is 0. The molecule has 0 heterocycles. The summed E-state index contributed by atoms with van der Waals surface area (Å²) in [6, 6.07) is 7.00. The van der Waals surface area contributed by atoms with Gasteiger partial charge in [-0.05, 0) is 18.4 Å². The van der Waals surface area contributed by atoms with Gasteiger partial charge >= 0.3 is 6.18 Å².